The van der Waals surface area contributed by atoms with E-state index in [1.165, 1.54) is 0 Å². The van der Waals surface area contributed by atoms with Gasteiger partial charge in [-0.05, 0) is 33.3 Å². The minimum Gasteiger partial charge on any atom is -0.347 e. The molecule has 0 unspecified atom stereocenters. The largest absolute Gasteiger partial charge is 0.347 e. The summed E-state index contributed by atoms with van der Waals surface area (Å²) in [5.41, 5.74) is 3.44. The number of nitrogens with zero attached hydrogens (tertiary/aromatic N) is 3. The first-order valence-electron chi connectivity index (χ1n) is 7.10. The van der Waals surface area contributed by atoms with Crippen molar-refractivity contribution in [3.05, 3.63) is 41.6 Å². The molecule has 0 radical (unpaired) electrons. The van der Waals surface area contributed by atoms with Gasteiger partial charge in [0, 0.05) is 25.4 Å². The van der Waals surface area contributed by atoms with Crippen LogP contribution in [-0.4, -0.2) is 34.7 Å². The molecular formula is C17H23N3O. The Kier molecular flexibility index (Phi) is 3.90. The second kappa shape index (κ2) is 5.35. The zero-order valence-corrected chi connectivity index (χ0v) is 13.6. The Bertz CT molecular complexity index is 654. The van der Waals surface area contributed by atoms with Crippen molar-refractivity contribution >= 4 is 5.91 Å². The number of carbonyl (C=O) groups is 1. The summed E-state index contributed by atoms with van der Waals surface area (Å²) in [6.07, 6.45) is 0. The second-order valence-corrected chi connectivity index (χ2v) is 6.10. The fourth-order valence-corrected chi connectivity index (χ4v) is 2.63. The van der Waals surface area contributed by atoms with Crippen molar-refractivity contribution in [1.82, 2.24) is 14.7 Å². The van der Waals surface area contributed by atoms with Crippen LogP contribution in [0, 0.1) is 13.8 Å². The van der Waals surface area contributed by atoms with Crippen LogP contribution in [0.3, 0.4) is 0 Å². The molecule has 1 amide bonds. The predicted molar refractivity (Wildman–Crippen MR) is 85.2 cm³/mol. The maximum Gasteiger partial charge on any atom is 0.249 e. The van der Waals surface area contributed by atoms with E-state index in [4.69, 9.17) is 5.10 Å². The summed E-state index contributed by atoms with van der Waals surface area (Å²) in [6, 6.07) is 10.1. The van der Waals surface area contributed by atoms with E-state index in [1.807, 2.05) is 55.8 Å². The molecule has 112 valence electrons. The average molecular weight is 285 g/mol. The van der Waals surface area contributed by atoms with E-state index in [9.17, 15) is 4.79 Å². The number of rotatable bonds is 3. The van der Waals surface area contributed by atoms with Gasteiger partial charge >= 0.3 is 0 Å². The number of likely N-dealkylation sites (N-methyl/N-ethyl adjacent to an activating group) is 1. The van der Waals surface area contributed by atoms with Crippen molar-refractivity contribution in [2.45, 2.75) is 33.2 Å². The van der Waals surface area contributed by atoms with Gasteiger partial charge in [-0.2, -0.15) is 5.10 Å². The van der Waals surface area contributed by atoms with E-state index in [-0.39, 0.29) is 5.91 Å². The van der Waals surface area contributed by atoms with Crippen LogP contribution >= 0.6 is 0 Å². The molecule has 0 saturated carbocycles. The monoisotopic (exact) mass is 285 g/mol. The summed E-state index contributed by atoms with van der Waals surface area (Å²) in [5.74, 6) is 0.0349. The molecule has 0 saturated heterocycles. The smallest absolute Gasteiger partial charge is 0.249 e. The zero-order valence-electron chi connectivity index (χ0n) is 13.6. The Labute approximate surface area is 126 Å². The molecule has 1 heterocycles. The Morgan fingerprint density at radius 2 is 1.71 bits per heavy atom. The maximum atomic E-state index is 12.4. The Morgan fingerprint density at radius 1 is 1.14 bits per heavy atom. The lowest BCUT2D eigenvalue weighted by molar-refractivity contribution is -0.137. The van der Waals surface area contributed by atoms with Crippen molar-refractivity contribution in [2.75, 3.05) is 14.1 Å². The second-order valence-electron chi connectivity index (χ2n) is 6.10. The van der Waals surface area contributed by atoms with Gasteiger partial charge in [0.2, 0.25) is 5.91 Å². The summed E-state index contributed by atoms with van der Waals surface area (Å²) < 4.78 is 1.84. The SMILES string of the molecule is Cc1c(-c2ccccc2)nn(C(C)(C)C(=O)N(C)C)c1C. The van der Waals surface area contributed by atoms with Gasteiger partial charge < -0.3 is 4.90 Å². The van der Waals surface area contributed by atoms with Crippen LogP contribution in [0.2, 0.25) is 0 Å². The van der Waals surface area contributed by atoms with E-state index < -0.39 is 5.54 Å². The minimum atomic E-state index is -0.703. The van der Waals surface area contributed by atoms with Crippen LogP contribution in [0.15, 0.2) is 30.3 Å². The lowest BCUT2D eigenvalue weighted by Crippen LogP contribution is -2.44. The highest BCUT2D eigenvalue weighted by molar-refractivity contribution is 5.83. The molecule has 0 atom stereocenters. The third-order valence-electron chi connectivity index (χ3n) is 3.92. The van der Waals surface area contributed by atoms with Crippen molar-refractivity contribution in [1.29, 1.82) is 0 Å². The van der Waals surface area contributed by atoms with Crippen LogP contribution in [-0.2, 0) is 10.3 Å². The number of amides is 1. The number of hydrogen-bond acceptors (Lipinski definition) is 2. The first kappa shape index (κ1) is 15.3. The van der Waals surface area contributed by atoms with Gasteiger partial charge in [-0.15, -0.1) is 0 Å². The minimum absolute atomic E-state index is 0.0349. The lowest BCUT2D eigenvalue weighted by atomic mass is 10.0. The number of carbonyl (C=O) groups excluding carboxylic acids is 1. The molecule has 2 rings (SSSR count). The van der Waals surface area contributed by atoms with Crippen molar-refractivity contribution in [2.24, 2.45) is 0 Å². The van der Waals surface area contributed by atoms with Gasteiger partial charge in [-0.25, -0.2) is 0 Å². The van der Waals surface area contributed by atoms with Gasteiger partial charge in [0.1, 0.15) is 5.54 Å². The highest BCUT2D eigenvalue weighted by Crippen LogP contribution is 2.28. The van der Waals surface area contributed by atoms with E-state index in [0.29, 0.717) is 0 Å². The third kappa shape index (κ3) is 2.58. The van der Waals surface area contributed by atoms with E-state index in [1.54, 1.807) is 19.0 Å². The summed E-state index contributed by atoms with van der Waals surface area (Å²) in [7, 11) is 3.54. The zero-order chi connectivity index (χ0) is 15.8. The Hall–Kier alpha value is -2.10. The van der Waals surface area contributed by atoms with Crippen molar-refractivity contribution < 1.29 is 4.79 Å². The van der Waals surface area contributed by atoms with Crippen LogP contribution in [0.5, 0.6) is 0 Å². The molecule has 4 nitrogen and oxygen atoms in total. The molecule has 2 aromatic rings. The van der Waals surface area contributed by atoms with Crippen molar-refractivity contribution in [3.63, 3.8) is 0 Å². The average Bonchev–Trinajstić information content (AvgIpc) is 2.76. The fourth-order valence-electron chi connectivity index (χ4n) is 2.63. The molecule has 0 aliphatic heterocycles. The summed E-state index contributed by atoms with van der Waals surface area (Å²) >= 11 is 0. The molecule has 0 N–H and O–H groups in total. The van der Waals surface area contributed by atoms with Crippen LogP contribution < -0.4 is 0 Å². The predicted octanol–water partition coefficient (Wildman–Crippen LogP) is 2.99. The fraction of sp³-hybridized carbons (Fsp3) is 0.412. The first-order valence-corrected chi connectivity index (χ1v) is 7.10. The lowest BCUT2D eigenvalue weighted by Gasteiger charge is -2.28. The number of hydrogen-bond donors (Lipinski definition) is 0. The number of aromatic nitrogens is 2. The van der Waals surface area contributed by atoms with Crippen LogP contribution in [0.4, 0.5) is 0 Å². The molecule has 0 fully saturated rings. The molecule has 21 heavy (non-hydrogen) atoms. The van der Waals surface area contributed by atoms with Crippen molar-refractivity contribution in [3.8, 4) is 11.3 Å². The molecule has 1 aromatic heterocycles. The summed E-state index contributed by atoms with van der Waals surface area (Å²) in [6.45, 7) is 7.88. The molecule has 0 spiro atoms. The Balaban J connectivity index is 2.56. The molecule has 4 heteroatoms. The van der Waals surface area contributed by atoms with E-state index >= 15 is 0 Å². The summed E-state index contributed by atoms with van der Waals surface area (Å²) in [4.78, 5) is 14.0. The topological polar surface area (TPSA) is 38.1 Å². The van der Waals surface area contributed by atoms with Crippen LogP contribution in [0.1, 0.15) is 25.1 Å². The highest BCUT2D eigenvalue weighted by Gasteiger charge is 2.34. The van der Waals surface area contributed by atoms with Gasteiger partial charge in [0.05, 0.1) is 5.69 Å². The molecule has 0 aliphatic rings. The third-order valence-corrected chi connectivity index (χ3v) is 3.92. The van der Waals surface area contributed by atoms with Gasteiger partial charge in [0.25, 0.3) is 0 Å². The highest BCUT2D eigenvalue weighted by atomic mass is 16.2. The van der Waals surface area contributed by atoms with Gasteiger partial charge in [-0.1, -0.05) is 30.3 Å². The van der Waals surface area contributed by atoms with Crippen LogP contribution in [0.25, 0.3) is 11.3 Å². The van der Waals surface area contributed by atoms with E-state index in [0.717, 1.165) is 22.5 Å². The summed E-state index contributed by atoms with van der Waals surface area (Å²) in [5, 5.41) is 4.72. The standard InChI is InChI=1S/C17H23N3O/c1-12-13(2)20(17(3,4)16(21)19(5)6)18-15(12)14-10-8-7-9-11-14/h7-11H,1-6H3. The normalized spacial score (nSPS) is 11.5. The number of benzene rings is 1. The van der Waals surface area contributed by atoms with E-state index in [2.05, 4.69) is 6.92 Å². The quantitative estimate of drug-likeness (QED) is 0.869. The maximum absolute atomic E-state index is 12.4. The first-order chi connectivity index (χ1) is 9.76. The molecule has 0 aliphatic carbocycles. The van der Waals surface area contributed by atoms with Gasteiger partial charge in [-0.3, -0.25) is 9.48 Å². The van der Waals surface area contributed by atoms with Gasteiger partial charge in [0.15, 0.2) is 0 Å². The molecular weight excluding hydrogens is 262 g/mol. The Morgan fingerprint density at radius 3 is 2.24 bits per heavy atom. The molecule has 0 bridgehead atoms. The molecule has 1 aromatic carbocycles.